The van der Waals surface area contributed by atoms with E-state index in [1.165, 1.54) is 11.1 Å². The van der Waals surface area contributed by atoms with Gasteiger partial charge in [0.2, 0.25) is 0 Å². The molecule has 0 bridgehead atoms. The Morgan fingerprint density at radius 1 is 0.806 bits per heavy atom. The van der Waals surface area contributed by atoms with E-state index in [1.807, 2.05) is 60.7 Å². The highest BCUT2D eigenvalue weighted by Crippen LogP contribution is 2.38. The van der Waals surface area contributed by atoms with Crippen LogP contribution in [0, 0.1) is 0 Å². The van der Waals surface area contributed by atoms with Gasteiger partial charge in [0.1, 0.15) is 0 Å². The van der Waals surface area contributed by atoms with Gasteiger partial charge in [-0.05, 0) is 54.3 Å². The first-order valence-corrected chi connectivity index (χ1v) is 11.9. The van der Waals surface area contributed by atoms with Gasteiger partial charge < -0.3 is 15.4 Å². The smallest absolute Gasteiger partial charge is 0.338 e. The number of hydrogen-bond donors (Lipinski definition) is 2. The number of nitrogens with one attached hydrogen (secondary N) is 2. The topological polar surface area (TPSA) is 67.4 Å². The van der Waals surface area contributed by atoms with E-state index in [0.29, 0.717) is 29.1 Å². The fraction of sp³-hybridized carbons (Fsp3) is 0.0968. The molecule has 0 atom stereocenters. The van der Waals surface area contributed by atoms with Crippen molar-refractivity contribution in [2.75, 3.05) is 17.2 Å². The van der Waals surface area contributed by atoms with Crippen LogP contribution >= 0.6 is 0 Å². The highest BCUT2D eigenvalue weighted by Gasteiger charge is 2.29. The highest BCUT2D eigenvalue weighted by atomic mass is 16.5. The van der Waals surface area contributed by atoms with Gasteiger partial charge in [-0.1, -0.05) is 78.9 Å². The average molecular weight is 475 g/mol. The van der Waals surface area contributed by atoms with E-state index < -0.39 is 5.97 Å². The number of carbonyl (C=O) groups excluding carboxylic acids is 2. The minimum absolute atomic E-state index is 0.224. The van der Waals surface area contributed by atoms with E-state index in [0.717, 1.165) is 23.2 Å². The van der Waals surface area contributed by atoms with Crippen molar-refractivity contribution < 1.29 is 14.3 Å². The van der Waals surface area contributed by atoms with Crippen molar-refractivity contribution in [3.05, 3.63) is 131 Å². The number of ether oxygens (including phenoxy) is 1. The predicted octanol–water partition coefficient (Wildman–Crippen LogP) is 6.39. The van der Waals surface area contributed by atoms with E-state index in [2.05, 4.69) is 34.9 Å². The molecule has 0 saturated carbocycles. The van der Waals surface area contributed by atoms with Crippen molar-refractivity contribution in [2.24, 2.45) is 0 Å². The Balaban J connectivity index is 1.50. The molecule has 0 aliphatic carbocycles. The van der Waals surface area contributed by atoms with Crippen molar-refractivity contribution in [3.8, 4) is 0 Å². The summed E-state index contributed by atoms with van der Waals surface area (Å²) in [6.07, 6.45) is 0.854. The molecule has 0 spiro atoms. The molecule has 5 rings (SSSR count). The van der Waals surface area contributed by atoms with Crippen LogP contribution in [0.15, 0.2) is 103 Å². The maximum Gasteiger partial charge on any atom is 0.338 e. The SMILES string of the molecule is CCOC(=O)c1ccc2c(c1)NC(=O)/C2=C(\Nc1ccc(Cc2ccccc2)cc1)c1ccccc1. The molecule has 1 heterocycles. The van der Waals surface area contributed by atoms with Crippen LogP contribution in [0.5, 0.6) is 0 Å². The summed E-state index contributed by atoms with van der Waals surface area (Å²) in [6, 6.07) is 33.5. The largest absolute Gasteiger partial charge is 0.462 e. The van der Waals surface area contributed by atoms with Crippen LogP contribution in [0.3, 0.4) is 0 Å². The number of fused-ring (bicyclic) bond motifs is 1. The number of amides is 1. The first-order valence-electron chi connectivity index (χ1n) is 11.9. The van der Waals surface area contributed by atoms with Gasteiger partial charge in [0, 0.05) is 11.3 Å². The van der Waals surface area contributed by atoms with Crippen LogP contribution in [0.25, 0.3) is 11.3 Å². The Morgan fingerprint density at radius 2 is 1.47 bits per heavy atom. The third kappa shape index (κ3) is 4.91. The lowest BCUT2D eigenvalue weighted by Crippen LogP contribution is -2.10. The third-order valence-electron chi connectivity index (χ3n) is 6.06. The monoisotopic (exact) mass is 474 g/mol. The van der Waals surface area contributed by atoms with Gasteiger partial charge in [0.05, 0.1) is 29.1 Å². The average Bonchev–Trinajstić information content (AvgIpc) is 3.24. The molecule has 1 aliphatic heterocycles. The molecule has 1 aliphatic rings. The standard InChI is InChI=1S/C31H26N2O3/c1-2-36-31(35)24-15-18-26-27(20-24)33-30(34)28(26)29(23-11-7-4-8-12-23)32-25-16-13-22(14-17-25)19-21-9-5-3-6-10-21/h3-18,20,32H,2,19H2,1H3,(H,33,34)/b29-28-. The number of rotatable bonds is 7. The Labute approximate surface area is 210 Å². The highest BCUT2D eigenvalue weighted by molar-refractivity contribution is 6.37. The molecule has 4 aromatic rings. The van der Waals surface area contributed by atoms with Crippen LogP contribution in [-0.2, 0) is 16.0 Å². The zero-order valence-corrected chi connectivity index (χ0v) is 20.0. The second-order valence-corrected chi connectivity index (χ2v) is 8.54. The van der Waals surface area contributed by atoms with Crippen LogP contribution in [0.4, 0.5) is 11.4 Å². The first kappa shape index (κ1) is 23.1. The zero-order chi connectivity index (χ0) is 24.9. The number of carbonyl (C=O) groups is 2. The van der Waals surface area contributed by atoms with E-state index in [1.54, 1.807) is 25.1 Å². The summed E-state index contributed by atoms with van der Waals surface area (Å²) in [5.41, 5.74) is 7.18. The molecule has 5 heteroatoms. The molecule has 0 saturated heterocycles. The number of esters is 1. The van der Waals surface area contributed by atoms with Crippen LogP contribution in [-0.4, -0.2) is 18.5 Å². The van der Waals surface area contributed by atoms with Crippen molar-refractivity contribution in [3.63, 3.8) is 0 Å². The van der Waals surface area contributed by atoms with Crippen molar-refractivity contribution in [2.45, 2.75) is 13.3 Å². The van der Waals surface area contributed by atoms with Crippen LogP contribution in [0.2, 0.25) is 0 Å². The summed E-state index contributed by atoms with van der Waals surface area (Å²) < 4.78 is 5.11. The Kier molecular flexibility index (Phi) is 6.63. The second kappa shape index (κ2) is 10.3. The second-order valence-electron chi connectivity index (χ2n) is 8.54. The lowest BCUT2D eigenvalue weighted by Gasteiger charge is -2.15. The van der Waals surface area contributed by atoms with E-state index in [4.69, 9.17) is 4.74 Å². The molecule has 178 valence electrons. The number of benzene rings is 4. The van der Waals surface area contributed by atoms with Crippen molar-refractivity contribution >= 4 is 34.5 Å². The first-order chi connectivity index (χ1) is 17.6. The van der Waals surface area contributed by atoms with Gasteiger partial charge in [-0.25, -0.2) is 4.79 Å². The fourth-order valence-electron chi connectivity index (χ4n) is 4.33. The molecule has 0 aromatic heterocycles. The van der Waals surface area contributed by atoms with Gasteiger partial charge in [-0.15, -0.1) is 0 Å². The van der Waals surface area contributed by atoms with E-state index in [-0.39, 0.29) is 5.91 Å². The fourth-order valence-corrected chi connectivity index (χ4v) is 4.33. The van der Waals surface area contributed by atoms with Crippen LogP contribution < -0.4 is 10.6 Å². The van der Waals surface area contributed by atoms with Crippen molar-refractivity contribution in [1.82, 2.24) is 0 Å². The minimum atomic E-state index is -0.413. The van der Waals surface area contributed by atoms with Gasteiger partial charge in [-0.3, -0.25) is 4.79 Å². The van der Waals surface area contributed by atoms with Gasteiger partial charge >= 0.3 is 5.97 Å². The summed E-state index contributed by atoms with van der Waals surface area (Å²) >= 11 is 0. The maximum atomic E-state index is 13.2. The maximum absolute atomic E-state index is 13.2. The summed E-state index contributed by atoms with van der Waals surface area (Å²) in [4.78, 5) is 25.4. The third-order valence-corrected chi connectivity index (χ3v) is 6.06. The minimum Gasteiger partial charge on any atom is -0.462 e. The number of hydrogen-bond acceptors (Lipinski definition) is 4. The molecule has 1 amide bonds. The Morgan fingerprint density at radius 3 is 2.17 bits per heavy atom. The molecule has 36 heavy (non-hydrogen) atoms. The van der Waals surface area contributed by atoms with E-state index >= 15 is 0 Å². The quantitative estimate of drug-likeness (QED) is 0.241. The van der Waals surface area contributed by atoms with Gasteiger partial charge in [0.25, 0.3) is 5.91 Å². The van der Waals surface area contributed by atoms with Gasteiger partial charge in [-0.2, -0.15) is 0 Å². The summed E-state index contributed by atoms with van der Waals surface area (Å²) in [6.45, 7) is 2.06. The summed E-state index contributed by atoms with van der Waals surface area (Å²) in [5.74, 6) is -0.637. The summed E-state index contributed by atoms with van der Waals surface area (Å²) in [5, 5.41) is 6.40. The molecular formula is C31H26N2O3. The summed E-state index contributed by atoms with van der Waals surface area (Å²) in [7, 11) is 0. The Bertz CT molecular complexity index is 1430. The normalized spacial score (nSPS) is 13.5. The molecular weight excluding hydrogens is 448 g/mol. The lowest BCUT2D eigenvalue weighted by atomic mass is 9.98. The molecule has 5 nitrogen and oxygen atoms in total. The van der Waals surface area contributed by atoms with Crippen molar-refractivity contribution in [1.29, 1.82) is 0 Å². The molecule has 0 radical (unpaired) electrons. The lowest BCUT2D eigenvalue weighted by molar-refractivity contribution is -0.110. The zero-order valence-electron chi connectivity index (χ0n) is 20.0. The Hall–Kier alpha value is -4.64. The molecule has 0 unspecified atom stereocenters. The molecule has 0 fully saturated rings. The van der Waals surface area contributed by atoms with Crippen LogP contribution in [0.1, 0.15) is 39.5 Å². The van der Waals surface area contributed by atoms with E-state index in [9.17, 15) is 9.59 Å². The predicted molar refractivity (Wildman–Crippen MR) is 144 cm³/mol. The number of anilines is 2. The van der Waals surface area contributed by atoms with Gasteiger partial charge in [0.15, 0.2) is 0 Å². The molecule has 2 N–H and O–H groups in total. The molecule has 4 aromatic carbocycles.